The van der Waals surface area contributed by atoms with Gasteiger partial charge >= 0.3 is 0 Å². The van der Waals surface area contributed by atoms with Gasteiger partial charge in [0.15, 0.2) is 17.4 Å². The normalized spacial score (nSPS) is 10.6. The summed E-state index contributed by atoms with van der Waals surface area (Å²) in [5.41, 5.74) is 0.122. The lowest BCUT2D eigenvalue weighted by molar-refractivity contribution is 0.279. The fourth-order valence-electron chi connectivity index (χ4n) is 1.46. The van der Waals surface area contributed by atoms with Crippen molar-refractivity contribution in [2.45, 2.75) is 6.61 Å². The molecule has 0 spiro atoms. The van der Waals surface area contributed by atoms with Crippen LogP contribution in [0.5, 0.6) is 11.5 Å². The highest BCUT2D eigenvalue weighted by atomic mass is 35.5. The molecule has 0 aromatic heterocycles. The zero-order valence-electron chi connectivity index (χ0n) is 9.46. The van der Waals surface area contributed by atoms with Gasteiger partial charge in [-0.1, -0.05) is 23.2 Å². The Labute approximate surface area is 118 Å². The minimum atomic E-state index is -0.907. The van der Waals surface area contributed by atoms with Gasteiger partial charge in [0.25, 0.3) is 0 Å². The number of hydrogen-bond donors (Lipinski definition) is 1. The summed E-state index contributed by atoms with van der Waals surface area (Å²) in [6.07, 6.45) is 0. The van der Waals surface area contributed by atoms with E-state index in [0.29, 0.717) is 5.02 Å². The Morgan fingerprint density at radius 3 is 2.16 bits per heavy atom. The number of benzene rings is 2. The Balaban J connectivity index is 2.35. The van der Waals surface area contributed by atoms with Crippen LogP contribution in [0, 0.1) is 11.6 Å². The number of aliphatic hydroxyl groups excluding tert-OH is 1. The monoisotopic (exact) mass is 304 g/mol. The lowest BCUT2D eigenvalue weighted by Gasteiger charge is -2.09. The zero-order valence-corrected chi connectivity index (χ0v) is 11.0. The van der Waals surface area contributed by atoms with Crippen molar-refractivity contribution in [3.63, 3.8) is 0 Å². The van der Waals surface area contributed by atoms with E-state index in [0.717, 1.165) is 12.1 Å². The van der Waals surface area contributed by atoms with Crippen molar-refractivity contribution in [2.24, 2.45) is 0 Å². The Morgan fingerprint density at radius 1 is 1.00 bits per heavy atom. The lowest BCUT2D eigenvalue weighted by atomic mass is 10.2. The molecule has 0 fully saturated rings. The van der Waals surface area contributed by atoms with Crippen molar-refractivity contribution in [3.05, 3.63) is 57.6 Å². The summed E-state index contributed by atoms with van der Waals surface area (Å²) in [5.74, 6) is -2.22. The quantitative estimate of drug-likeness (QED) is 0.901. The maximum absolute atomic E-state index is 13.6. The summed E-state index contributed by atoms with van der Waals surface area (Å²) in [7, 11) is 0. The Hall–Kier alpha value is -1.36. The second-order valence-corrected chi connectivity index (χ2v) is 4.54. The van der Waals surface area contributed by atoms with Gasteiger partial charge in [-0.05, 0) is 29.8 Å². The van der Waals surface area contributed by atoms with Crippen molar-refractivity contribution in [3.8, 4) is 11.5 Å². The third kappa shape index (κ3) is 3.15. The molecule has 0 amide bonds. The summed E-state index contributed by atoms with van der Waals surface area (Å²) in [6.45, 7) is -0.457. The van der Waals surface area contributed by atoms with E-state index in [1.165, 1.54) is 18.2 Å². The molecule has 0 bridgehead atoms. The summed E-state index contributed by atoms with van der Waals surface area (Å²) >= 11 is 11.5. The van der Waals surface area contributed by atoms with Gasteiger partial charge in [-0.15, -0.1) is 0 Å². The highest BCUT2D eigenvalue weighted by molar-refractivity contribution is 6.42. The van der Waals surface area contributed by atoms with Crippen LogP contribution in [-0.2, 0) is 6.61 Å². The molecule has 0 unspecified atom stereocenters. The molecule has 0 radical (unpaired) electrons. The zero-order chi connectivity index (χ0) is 14.0. The maximum atomic E-state index is 13.6. The van der Waals surface area contributed by atoms with Gasteiger partial charge in [-0.25, -0.2) is 8.78 Å². The molecule has 2 rings (SSSR count). The number of ether oxygens (including phenoxy) is 1. The molecular weight excluding hydrogens is 297 g/mol. The highest BCUT2D eigenvalue weighted by Gasteiger charge is 2.14. The fourth-order valence-corrected chi connectivity index (χ4v) is 1.75. The maximum Gasteiger partial charge on any atom is 0.198 e. The van der Waals surface area contributed by atoms with Crippen molar-refractivity contribution < 1.29 is 18.6 Å². The Bertz CT molecular complexity index is 595. The van der Waals surface area contributed by atoms with Crippen LogP contribution in [0.1, 0.15) is 5.56 Å². The van der Waals surface area contributed by atoms with Gasteiger partial charge in [-0.2, -0.15) is 0 Å². The molecular formula is C13H8Cl2F2O2. The molecule has 0 aliphatic heterocycles. The minimum absolute atomic E-state index is 0.122. The first kappa shape index (κ1) is 14.1. The smallest absolute Gasteiger partial charge is 0.198 e. The standard InChI is InChI=1S/C13H8Cl2F2O2/c14-9-2-1-8(5-10(9)15)19-13-11(16)3-7(6-18)4-12(13)17/h1-5,18H,6H2. The van der Waals surface area contributed by atoms with E-state index in [1.54, 1.807) is 0 Å². The molecule has 0 atom stereocenters. The van der Waals surface area contributed by atoms with Gasteiger partial charge < -0.3 is 9.84 Å². The second-order valence-electron chi connectivity index (χ2n) is 3.72. The molecule has 6 heteroatoms. The predicted octanol–water partition coefficient (Wildman–Crippen LogP) is 4.56. The van der Waals surface area contributed by atoms with Gasteiger partial charge in [0, 0.05) is 6.07 Å². The molecule has 0 aliphatic carbocycles. The molecule has 100 valence electrons. The first-order valence-electron chi connectivity index (χ1n) is 5.23. The number of hydrogen-bond acceptors (Lipinski definition) is 2. The second kappa shape index (κ2) is 5.74. The Kier molecular flexibility index (Phi) is 4.24. The van der Waals surface area contributed by atoms with E-state index in [-0.39, 0.29) is 16.3 Å². The van der Waals surface area contributed by atoms with Crippen LogP contribution >= 0.6 is 23.2 Å². The van der Waals surface area contributed by atoms with Crippen molar-refractivity contribution in [1.82, 2.24) is 0 Å². The van der Waals surface area contributed by atoms with Gasteiger partial charge in [0.1, 0.15) is 5.75 Å². The number of rotatable bonds is 3. The van der Waals surface area contributed by atoms with Crippen LogP contribution < -0.4 is 4.74 Å². The molecule has 0 saturated heterocycles. The third-order valence-electron chi connectivity index (χ3n) is 2.35. The van der Waals surface area contributed by atoms with E-state index in [9.17, 15) is 8.78 Å². The van der Waals surface area contributed by atoms with Crippen molar-refractivity contribution in [2.75, 3.05) is 0 Å². The molecule has 0 saturated carbocycles. The SMILES string of the molecule is OCc1cc(F)c(Oc2ccc(Cl)c(Cl)c2)c(F)c1. The molecule has 0 heterocycles. The van der Waals surface area contributed by atoms with Crippen LogP contribution in [0.15, 0.2) is 30.3 Å². The van der Waals surface area contributed by atoms with Gasteiger partial charge in [0.2, 0.25) is 0 Å². The summed E-state index contributed by atoms with van der Waals surface area (Å²) in [4.78, 5) is 0. The average Bonchev–Trinajstić information content (AvgIpc) is 2.37. The topological polar surface area (TPSA) is 29.5 Å². The largest absolute Gasteiger partial charge is 0.451 e. The fraction of sp³-hybridized carbons (Fsp3) is 0.0769. The highest BCUT2D eigenvalue weighted by Crippen LogP contribution is 2.32. The van der Waals surface area contributed by atoms with E-state index in [2.05, 4.69) is 0 Å². The number of halogens is 4. The summed E-state index contributed by atoms with van der Waals surface area (Å²) in [5, 5.41) is 9.35. The van der Waals surface area contributed by atoms with Crippen LogP contribution in [0.2, 0.25) is 10.0 Å². The predicted molar refractivity (Wildman–Crippen MR) is 68.8 cm³/mol. The van der Waals surface area contributed by atoms with E-state index in [1.807, 2.05) is 0 Å². The first-order chi connectivity index (χ1) is 9.01. The van der Waals surface area contributed by atoms with Crippen LogP contribution in [-0.4, -0.2) is 5.11 Å². The molecule has 19 heavy (non-hydrogen) atoms. The van der Waals surface area contributed by atoms with Gasteiger partial charge in [0.05, 0.1) is 16.7 Å². The lowest BCUT2D eigenvalue weighted by Crippen LogP contribution is -1.96. The average molecular weight is 305 g/mol. The Morgan fingerprint density at radius 2 is 1.63 bits per heavy atom. The third-order valence-corrected chi connectivity index (χ3v) is 3.09. The number of aliphatic hydroxyl groups is 1. The van der Waals surface area contributed by atoms with Crippen LogP contribution in [0.25, 0.3) is 0 Å². The van der Waals surface area contributed by atoms with Gasteiger partial charge in [-0.3, -0.25) is 0 Å². The molecule has 2 nitrogen and oxygen atoms in total. The summed E-state index contributed by atoms with van der Waals surface area (Å²) < 4.78 is 32.4. The molecule has 2 aromatic rings. The van der Waals surface area contributed by atoms with Crippen molar-refractivity contribution in [1.29, 1.82) is 0 Å². The van der Waals surface area contributed by atoms with E-state index < -0.39 is 24.0 Å². The summed E-state index contributed by atoms with van der Waals surface area (Å²) in [6, 6.07) is 6.23. The van der Waals surface area contributed by atoms with Crippen LogP contribution in [0.4, 0.5) is 8.78 Å². The molecule has 0 aliphatic rings. The van der Waals surface area contributed by atoms with E-state index >= 15 is 0 Å². The minimum Gasteiger partial charge on any atom is -0.451 e. The first-order valence-corrected chi connectivity index (χ1v) is 5.98. The molecule has 1 N–H and O–H groups in total. The van der Waals surface area contributed by atoms with Crippen molar-refractivity contribution >= 4 is 23.2 Å². The van der Waals surface area contributed by atoms with E-state index in [4.69, 9.17) is 33.0 Å². The van der Waals surface area contributed by atoms with Crippen LogP contribution in [0.3, 0.4) is 0 Å². The molecule has 2 aromatic carbocycles.